The van der Waals surface area contributed by atoms with Gasteiger partial charge in [0.1, 0.15) is 5.75 Å². The van der Waals surface area contributed by atoms with Crippen LogP contribution in [0.2, 0.25) is 0 Å². The highest BCUT2D eigenvalue weighted by Crippen LogP contribution is 2.29. The van der Waals surface area contributed by atoms with Crippen molar-refractivity contribution in [2.45, 2.75) is 19.2 Å². The second kappa shape index (κ2) is 11.0. The molecule has 2 amide bonds. The van der Waals surface area contributed by atoms with Crippen LogP contribution < -0.4 is 15.4 Å². The molecule has 0 saturated heterocycles. The molecule has 0 heterocycles. The lowest BCUT2D eigenvalue weighted by atomic mass is 10.1. The lowest BCUT2D eigenvalue weighted by molar-refractivity contribution is -0.274. The summed E-state index contributed by atoms with van der Waals surface area (Å²) in [6, 6.07) is 21.8. The van der Waals surface area contributed by atoms with Gasteiger partial charge in [-0.2, -0.15) is 0 Å². The summed E-state index contributed by atoms with van der Waals surface area (Å²) in [4.78, 5) is 36.9. The minimum absolute atomic E-state index is 0.0942. The fourth-order valence-corrected chi connectivity index (χ4v) is 3.80. The minimum atomic E-state index is -4.97. The van der Waals surface area contributed by atoms with Crippen LogP contribution in [0.15, 0.2) is 84.9 Å². The van der Waals surface area contributed by atoms with E-state index in [0.717, 1.165) is 29.0 Å². The van der Waals surface area contributed by atoms with Crippen molar-refractivity contribution < 1.29 is 37.4 Å². The van der Waals surface area contributed by atoms with Crippen LogP contribution >= 0.6 is 0 Å². The Balaban J connectivity index is 1.61. The number of rotatable bonds is 8. The molecule has 7 nitrogen and oxygen atoms in total. The predicted octanol–water partition coefficient (Wildman–Crippen LogP) is 6.26. The molecule has 3 N–H and O–H groups in total. The maximum absolute atomic E-state index is 13.1. The van der Waals surface area contributed by atoms with Crippen LogP contribution in [0, 0.1) is 0 Å². The van der Waals surface area contributed by atoms with E-state index in [1.54, 1.807) is 48.5 Å². The van der Waals surface area contributed by atoms with Gasteiger partial charge >= 0.3 is 12.3 Å². The van der Waals surface area contributed by atoms with Crippen molar-refractivity contribution in [2.24, 2.45) is 0 Å². The normalized spacial score (nSPS) is 11.1. The number of carboxylic acids is 1. The molecule has 0 aliphatic rings. The molecule has 0 bridgehead atoms. The van der Waals surface area contributed by atoms with Crippen LogP contribution in [0.3, 0.4) is 0 Å². The average molecular weight is 522 g/mol. The zero-order valence-electron chi connectivity index (χ0n) is 19.7. The number of hydrogen-bond acceptors (Lipinski definition) is 4. The second-order valence-corrected chi connectivity index (χ2v) is 8.32. The van der Waals surface area contributed by atoms with E-state index in [1.807, 2.05) is 18.2 Å². The van der Waals surface area contributed by atoms with Crippen molar-refractivity contribution >= 4 is 39.9 Å². The van der Waals surface area contributed by atoms with Gasteiger partial charge in [-0.1, -0.05) is 42.5 Å². The second-order valence-electron chi connectivity index (χ2n) is 8.32. The maximum atomic E-state index is 13.1. The van der Waals surface area contributed by atoms with E-state index >= 15 is 0 Å². The van der Waals surface area contributed by atoms with Gasteiger partial charge in [0.25, 0.3) is 11.8 Å². The Labute approximate surface area is 214 Å². The molecular weight excluding hydrogens is 501 g/mol. The molecule has 38 heavy (non-hydrogen) atoms. The van der Waals surface area contributed by atoms with Crippen LogP contribution in [0.5, 0.6) is 5.75 Å². The van der Waals surface area contributed by atoms with E-state index in [4.69, 9.17) is 5.11 Å². The number of nitrogens with one attached hydrogen (secondary N) is 2. The highest BCUT2D eigenvalue weighted by atomic mass is 19.4. The number of alkyl halides is 3. The molecule has 0 spiro atoms. The van der Waals surface area contributed by atoms with Crippen LogP contribution in [-0.4, -0.2) is 29.3 Å². The molecule has 0 aliphatic carbocycles. The molecule has 0 radical (unpaired) electrons. The van der Waals surface area contributed by atoms with Gasteiger partial charge in [-0.15, -0.1) is 13.2 Å². The molecule has 0 aromatic heterocycles. The van der Waals surface area contributed by atoms with Crippen molar-refractivity contribution in [3.63, 3.8) is 0 Å². The van der Waals surface area contributed by atoms with Gasteiger partial charge in [0, 0.05) is 23.7 Å². The number of anilines is 2. The highest BCUT2D eigenvalue weighted by molar-refractivity contribution is 6.13. The van der Waals surface area contributed by atoms with E-state index in [-0.39, 0.29) is 29.7 Å². The number of carboxylic acid groups (broad SMARTS) is 1. The quantitative estimate of drug-likeness (QED) is 0.253. The minimum Gasteiger partial charge on any atom is -0.481 e. The van der Waals surface area contributed by atoms with Crippen molar-refractivity contribution in [2.75, 3.05) is 10.6 Å². The third-order valence-electron chi connectivity index (χ3n) is 5.54. The first kappa shape index (κ1) is 26.2. The summed E-state index contributed by atoms with van der Waals surface area (Å²) in [6.07, 6.45) is -4.82. The Bertz CT molecular complexity index is 1520. The monoisotopic (exact) mass is 522 g/mol. The summed E-state index contributed by atoms with van der Waals surface area (Å²) in [5, 5.41) is 15.7. The largest absolute Gasteiger partial charge is 0.573 e. The summed E-state index contributed by atoms with van der Waals surface area (Å²) in [7, 11) is 0. The number of halogens is 3. The zero-order chi connectivity index (χ0) is 27.3. The first-order valence-electron chi connectivity index (χ1n) is 11.4. The van der Waals surface area contributed by atoms with Crippen molar-refractivity contribution in [1.29, 1.82) is 0 Å². The molecule has 0 unspecified atom stereocenters. The Morgan fingerprint density at radius 2 is 1.55 bits per heavy atom. The fourth-order valence-electron chi connectivity index (χ4n) is 3.80. The van der Waals surface area contributed by atoms with E-state index in [2.05, 4.69) is 15.4 Å². The zero-order valence-corrected chi connectivity index (χ0v) is 19.7. The Morgan fingerprint density at radius 1 is 0.789 bits per heavy atom. The first-order chi connectivity index (χ1) is 18.1. The van der Waals surface area contributed by atoms with Crippen molar-refractivity contribution in [3.8, 4) is 5.75 Å². The molecule has 0 aliphatic heterocycles. The summed E-state index contributed by atoms with van der Waals surface area (Å²) >= 11 is 0. The van der Waals surface area contributed by atoms with Crippen molar-refractivity contribution in [1.82, 2.24) is 0 Å². The predicted molar refractivity (Wildman–Crippen MR) is 135 cm³/mol. The summed E-state index contributed by atoms with van der Waals surface area (Å²) in [5.41, 5.74) is 0.960. The Kier molecular flexibility index (Phi) is 7.61. The molecular formula is C28H21F3N2O5. The summed E-state index contributed by atoms with van der Waals surface area (Å²) in [6.45, 7) is 0. The number of amides is 2. The Hall–Kier alpha value is -4.86. The van der Waals surface area contributed by atoms with E-state index in [0.29, 0.717) is 11.3 Å². The number of carbonyl (C=O) groups is 3. The first-order valence-corrected chi connectivity index (χ1v) is 11.4. The lowest BCUT2D eigenvalue weighted by Crippen LogP contribution is -2.20. The smallest absolute Gasteiger partial charge is 0.481 e. The third-order valence-corrected chi connectivity index (χ3v) is 5.54. The van der Waals surface area contributed by atoms with Gasteiger partial charge in [-0.05, 0) is 59.2 Å². The number of benzene rings is 4. The van der Waals surface area contributed by atoms with Gasteiger partial charge in [-0.25, -0.2) is 0 Å². The van der Waals surface area contributed by atoms with Crippen LogP contribution in [0.25, 0.3) is 10.8 Å². The average Bonchev–Trinajstić information content (AvgIpc) is 2.86. The number of hydrogen-bond donors (Lipinski definition) is 3. The topological polar surface area (TPSA) is 105 Å². The van der Waals surface area contributed by atoms with Crippen LogP contribution in [-0.2, 0) is 11.2 Å². The van der Waals surface area contributed by atoms with Crippen LogP contribution in [0.1, 0.15) is 32.7 Å². The van der Waals surface area contributed by atoms with Gasteiger partial charge in [0.05, 0.1) is 11.3 Å². The molecule has 10 heteroatoms. The third kappa shape index (κ3) is 6.88. The summed E-state index contributed by atoms with van der Waals surface area (Å²) in [5.74, 6) is -2.91. The molecule has 0 fully saturated rings. The maximum Gasteiger partial charge on any atom is 0.573 e. The van der Waals surface area contributed by atoms with E-state index in [9.17, 15) is 27.6 Å². The number of ether oxygens (including phenoxy) is 1. The fraction of sp³-hybridized carbons (Fsp3) is 0.107. The van der Waals surface area contributed by atoms with E-state index < -0.39 is 29.9 Å². The van der Waals surface area contributed by atoms with Crippen LogP contribution in [0.4, 0.5) is 24.5 Å². The highest BCUT2D eigenvalue weighted by Gasteiger charge is 2.31. The van der Waals surface area contributed by atoms with Gasteiger partial charge in [-0.3, -0.25) is 14.4 Å². The molecule has 0 saturated carbocycles. The van der Waals surface area contributed by atoms with E-state index in [1.165, 1.54) is 0 Å². The standard InChI is InChI=1S/C28H21F3N2O5/c29-28(30,31)38-22-11-12-23(27(37)32-21-7-3-4-17(14-21)8-13-25(34)35)24(16-22)33-26(36)20-10-9-18-5-1-2-6-19(18)15-20/h1-7,9-12,14-16H,8,13H2,(H,32,37)(H,33,36)(H,34,35). The number of fused-ring (bicyclic) bond motifs is 1. The summed E-state index contributed by atoms with van der Waals surface area (Å²) < 4.78 is 42.4. The molecule has 4 aromatic rings. The Morgan fingerprint density at radius 3 is 2.29 bits per heavy atom. The van der Waals surface area contributed by atoms with Gasteiger partial charge in [0.2, 0.25) is 0 Å². The lowest BCUT2D eigenvalue weighted by Gasteiger charge is -2.15. The molecule has 4 rings (SSSR count). The van der Waals surface area contributed by atoms with Crippen molar-refractivity contribution in [3.05, 3.63) is 102 Å². The molecule has 4 aromatic carbocycles. The number of aryl methyl sites for hydroxylation is 1. The number of aliphatic carboxylic acids is 1. The van der Waals surface area contributed by atoms with Gasteiger partial charge < -0.3 is 20.5 Å². The van der Waals surface area contributed by atoms with Gasteiger partial charge in [0.15, 0.2) is 0 Å². The SMILES string of the molecule is O=C(O)CCc1cccc(NC(=O)c2ccc(OC(F)(F)F)cc2NC(=O)c2ccc3ccccc3c2)c1. The number of carbonyl (C=O) groups excluding carboxylic acids is 2. The molecule has 194 valence electrons. The molecule has 0 atom stereocenters.